The van der Waals surface area contributed by atoms with Crippen molar-refractivity contribution in [3.05, 3.63) is 12.8 Å². The molecule has 0 atom stereocenters. The molecule has 0 fully saturated rings. The van der Waals surface area contributed by atoms with Gasteiger partial charge in [0.1, 0.15) is 6.61 Å². The second-order valence-electron chi connectivity index (χ2n) is 3.68. The summed E-state index contributed by atoms with van der Waals surface area (Å²) in [6.45, 7) is 8.63. The molecule has 5 heteroatoms. The summed E-state index contributed by atoms with van der Waals surface area (Å²) in [5.41, 5.74) is 0. The Morgan fingerprint density at radius 3 is 1.76 bits per heavy atom. The molecule has 0 aromatic heterocycles. The Labute approximate surface area is 104 Å². The first kappa shape index (κ1) is 16.4. The molecule has 0 aromatic rings. The molecule has 0 spiro atoms. The van der Waals surface area contributed by atoms with Gasteiger partial charge in [-0.25, -0.2) is 0 Å². The van der Waals surface area contributed by atoms with Crippen LogP contribution in [0.2, 0.25) is 0 Å². The van der Waals surface area contributed by atoms with Crippen molar-refractivity contribution in [2.24, 2.45) is 0 Å². The third kappa shape index (κ3) is 15.4. The van der Waals surface area contributed by atoms with Crippen molar-refractivity contribution in [1.29, 1.82) is 0 Å². The van der Waals surface area contributed by atoms with Crippen LogP contribution in [0, 0.1) is 0 Å². The van der Waals surface area contributed by atoms with E-state index in [9.17, 15) is 0 Å². The molecule has 0 N–H and O–H groups in total. The summed E-state index contributed by atoms with van der Waals surface area (Å²) in [4.78, 5) is 2.08. The van der Waals surface area contributed by atoms with Crippen molar-refractivity contribution in [2.75, 3.05) is 66.9 Å². The van der Waals surface area contributed by atoms with Crippen LogP contribution in [-0.4, -0.2) is 71.8 Å². The van der Waals surface area contributed by atoms with Crippen LogP contribution in [0.15, 0.2) is 12.8 Å². The van der Waals surface area contributed by atoms with E-state index >= 15 is 0 Å². The van der Waals surface area contributed by atoms with Gasteiger partial charge in [0.15, 0.2) is 0 Å². The molecule has 0 aliphatic carbocycles. The molecule has 0 aliphatic heterocycles. The first-order chi connectivity index (χ1) is 8.27. The van der Waals surface area contributed by atoms with Crippen molar-refractivity contribution >= 4 is 0 Å². The summed E-state index contributed by atoms with van der Waals surface area (Å²) in [5.74, 6) is 0. The van der Waals surface area contributed by atoms with E-state index in [0.717, 1.165) is 13.2 Å². The van der Waals surface area contributed by atoms with Crippen LogP contribution < -0.4 is 0 Å². The summed E-state index contributed by atoms with van der Waals surface area (Å²) >= 11 is 0. The maximum absolute atomic E-state index is 5.37. The summed E-state index contributed by atoms with van der Waals surface area (Å²) in [6.07, 6.45) is 1.41. The summed E-state index contributed by atoms with van der Waals surface area (Å²) in [7, 11) is 4.04. The molecule has 0 saturated carbocycles. The van der Waals surface area contributed by atoms with Gasteiger partial charge >= 0.3 is 0 Å². The van der Waals surface area contributed by atoms with Gasteiger partial charge < -0.3 is 23.8 Å². The Kier molecular flexibility index (Phi) is 13.0. The van der Waals surface area contributed by atoms with Crippen molar-refractivity contribution in [3.63, 3.8) is 0 Å². The Bertz CT molecular complexity index is 165. The number of nitrogens with zero attached hydrogens (tertiary/aromatic N) is 1. The van der Waals surface area contributed by atoms with Gasteiger partial charge in [-0.15, -0.1) is 0 Å². The zero-order valence-electron chi connectivity index (χ0n) is 11.0. The average molecular weight is 247 g/mol. The quantitative estimate of drug-likeness (QED) is 0.355. The van der Waals surface area contributed by atoms with Crippen molar-refractivity contribution in [1.82, 2.24) is 4.90 Å². The van der Waals surface area contributed by atoms with Gasteiger partial charge in [0.25, 0.3) is 0 Å². The minimum Gasteiger partial charge on any atom is -0.499 e. The van der Waals surface area contributed by atoms with Crippen LogP contribution in [0.4, 0.5) is 0 Å². The minimum atomic E-state index is 0.539. The van der Waals surface area contributed by atoms with Crippen LogP contribution >= 0.6 is 0 Å². The van der Waals surface area contributed by atoms with Gasteiger partial charge in [0.2, 0.25) is 0 Å². The Hall–Kier alpha value is -0.620. The highest BCUT2D eigenvalue weighted by Gasteiger charge is 1.92. The second kappa shape index (κ2) is 13.4. The van der Waals surface area contributed by atoms with Crippen LogP contribution in [0.1, 0.15) is 0 Å². The van der Waals surface area contributed by atoms with E-state index in [2.05, 4.69) is 11.5 Å². The lowest BCUT2D eigenvalue weighted by Gasteiger charge is -2.10. The second-order valence-corrected chi connectivity index (χ2v) is 3.68. The molecule has 5 nitrogen and oxygen atoms in total. The van der Waals surface area contributed by atoms with E-state index in [1.807, 2.05) is 14.1 Å². The number of hydrogen-bond donors (Lipinski definition) is 0. The molecule has 17 heavy (non-hydrogen) atoms. The van der Waals surface area contributed by atoms with Crippen molar-refractivity contribution in [3.8, 4) is 0 Å². The fourth-order valence-electron chi connectivity index (χ4n) is 0.979. The number of hydrogen-bond acceptors (Lipinski definition) is 5. The fraction of sp³-hybridized carbons (Fsp3) is 0.833. The van der Waals surface area contributed by atoms with Crippen LogP contribution in [0.3, 0.4) is 0 Å². The van der Waals surface area contributed by atoms with E-state index in [1.54, 1.807) is 0 Å². The number of rotatable bonds is 13. The molecule has 102 valence electrons. The van der Waals surface area contributed by atoms with E-state index in [4.69, 9.17) is 18.9 Å². The molecule has 0 aromatic carbocycles. The maximum Gasteiger partial charge on any atom is 0.111 e. The molecule has 0 heterocycles. The van der Waals surface area contributed by atoms with E-state index < -0.39 is 0 Å². The average Bonchev–Trinajstić information content (AvgIpc) is 2.30. The largest absolute Gasteiger partial charge is 0.499 e. The lowest BCUT2D eigenvalue weighted by molar-refractivity contribution is 0.00496. The molecule has 0 unspecified atom stereocenters. The molecule has 0 aliphatic rings. The molecule has 0 rings (SSSR count). The lowest BCUT2D eigenvalue weighted by atomic mass is 10.6. The first-order valence-electron chi connectivity index (χ1n) is 5.88. The van der Waals surface area contributed by atoms with Gasteiger partial charge in [0, 0.05) is 6.54 Å². The fourth-order valence-corrected chi connectivity index (χ4v) is 0.979. The molecule has 0 bridgehead atoms. The van der Waals surface area contributed by atoms with E-state index in [0.29, 0.717) is 39.6 Å². The third-order valence-corrected chi connectivity index (χ3v) is 1.89. The number of ether oxygens (including phenoxy) is 4. The summed E-state index contributed by atoms with van der Waals surface area (Å²) in [6, 6.07) is 0. The van der Waals surface area contributed by atoms with Gasteiger partial charge in [-0.1, -0.05) is 6.58 Å². The van der Waals surface area contributed by atoms with Crippen LogP contribution in [-0.2, 0) is 18.9 Å². The highest BCUT2D eigenvalue weighted by Crippen LogP contribution is 1.83. The predicted octanol–water partition coefficient (Wildman–Crippen LogP) is 0.758. The Morgan fingerprint density at radius 2 is 1.29 bits per heavy atom. The maximum atomic E-state index is 5.37. The first-order valence-corrected chi connectivity index (χ1v) is 5.88. The van der Waals surface area contributed by atoms with Gasteiger partial charge in [-0.3, -0.25) is 0 Å². The molecular formula is C12H25NO4. The summed E-state index contributed by atoms with van der Waals surface area (Å²) in [5, 5.41) is 0. The Morgan fingerprint density at radius 1 is 0.824 bits per heavy atom. The topological polar surface area (TPSA) is 40.2 Å². The normalized spacial score (nSPS) is 10.8. The molecule has 0 radical (unpaired) electrons. The highest BCUT2D eigenvalue weighted by molar-refractivity contribution is 4.47. The van der Waals surface area contributed by atoms with E-state index in [1.165, 1.54) is 6.26 Å². The SMILES string of the molecule is C=COCCOCCOCCOCCN(C)C. The lowest BCUT2D eigenvalue weighted by Crippen LogP contribution is -2.19. The zero-order valence-corrected chi connectivity index (χ0v) is 11.0. The van der Waals surface area contributed by atoms with Gasteiger partial charge in [-0.2, -0.15) is 0 Å². The smallest absolute Gasteiger partial charge is 0.111 e. The number of likely N-dealkylation sites (N-methyl/N-ethyl adjacent to an activating group) is 1. The van der Waals surface area contributed by atoms with Crippen molar-refractivity contribution in [2.45, 2.75) is 0 Å². The molecule has 0 saturated heterocycles. The molecular weight excluding hydrogens is 222 g/mol. The zero-order chi connectivity index (χ0) is 12.8. The standard InChI is InChI=1S/C12H25NO4/c1-4-14-7-8-16-11-12-17-10-9-15-6-5-13(2)3/h4H,1,5-12H2,2-3H3. The van der Waals surface area contributed by atoms with Crippen LogP contribution in [0.5, 0.6) is 0 Å². The van der Waals surface area contributed by atoms with Crippen LogP contribution in [0.25, 0.3) is 0 Å². The molecule has 0 amide bonds. The third-order valence-electron chi connectivity index (χ3n) is 1.89. The monoisotopic (exact) mass is 247 g/mol. The van der Waals surface area contributed by atoms with Gasteiger partial charge in [-0.05, 0) is 14.1 Å². The Balaban J connectivity index is 2.91. The summed E-state index contributed by atoms with van der Waals surface area (Å²) < 4.78 is 20.8. The minimum absolute atomic E-state index is 0.539. The highest BCUT2D eigenvalue weighted by atomic mass is 16.6. The van der Waals surface area contributed by atoms with Gasteiger partial charge in [0.05, 0.1) is 45.9 Å². The van der Waals surface area contributed by atoms with E-state index in [-0.39, 0.29) is 0 Å². The predicted molar refractivity (Wildman–Crippen MR) is 67.2 cm³/mol. The van der Waals surface area contributed by atoms with Crippen molar-refractivity contribution < 1.29 is 18.9 Å².